The molecule has 0 radical (unpaired) electrons. The standard InChI is InChI=1S/C29H21Cl2N3O4S2/c1-15-7-10-18(11-8-15)34-26(36)23-22(16-5-3-2-4-6-16)25-28(39-24(23)27(34)37)33(29(38)40-25)14-21(35)32-17-9-12-19(30)20(31)13-17/h2-13,22-24H,14H2,1H3,(H,32,35). The minimum Gasteiger partial charge on any atom is -0.324 e. The first kappa shape index (κ1) is 26.8. The summed E-state index contributed by atoms with van der Waals surface area (Å²) < 4.78 is 1.38. The Morgan fingerprint density at radius 1 is 0.925 bits per heavy atom. The minimum absolute atomic E-state index is 0.263. The fourth-order valence-electron chi connectivity index (χ4n) is 5.14. The van der Waals surface area contributed by atoms with Crippen molar-refractivity contribution in [2.24, 2.45) is 5.92 Å². The number of aryl methyl sites for hydroxylation is 1. The number of anilines is 2. The van der Waals surface area contributed by atoms with Crippen molar-refractivity contribution in [1.82, 2.24) is 4.57 Å². The lowest BCUT2D eigenvalue weighted by Gasteiger charge is -2.30. The summed E-state index contributed by atoms with van der Waals surface area (Å²) in [6.07, 6.45) is 0. The molecular weight excluding hydrogens is 589 g/mol. The molecular formula is C29H21Cl2N3O4S2. The summed E-state index contributed by atoms with van der Waals surface area (Å²) in [6.45, 7) is 1.67. The lowest BCUT2D eigenvalue weighted by atomic mass is 9.83. The Labute approximate surface area is 247 Å². The van der Waals surface area contributed by atoms with E-state index in [1.165, 1.54) is 27.3 Å². The van der Waals surface area contributed by atoms with E-state index < -0.39 is 23.0 Å². The van der Waals surface area contributed by atoms with Crippen LogP contribution in [0.5, 0.6) is 0 Å². The Morgan fingerprint density at radius 3 is 2.35 bits per heavy atom. The van der Waals surface area contributed by atoms with E-state index in [1.807, 2.05) is 49.4 Å². The van der Waals surface area contributed by atoms with E-state index in [-0.39, 0.29) is 23.2 Å². The molecule has 3 aromatic carbocycles. The number of nitrogens with one attached hydrogen (secondary N) is 1. The average molecular weight is 611 g/mol. The van der Waals surface area contributed by atoms with Crippen LogP contribution in [0.2, 0.25) is 10.0 Å². The van der Waals surface area contributed by atoms with Gasteiger partial charge >= 0.3 is 4.87 Å². The maximum Gasteiger partial charge on any atom is 0.308 e. The molecule has 1 fully saturated rings. The molecule has 40 heavy (non-hydrogen) atoms. The third-order valence-corrected chi connectivity index (χ3v) is 10.3. The molecule has 3 heterocycles. The molecule has 3 unspecified atom stereocenters. The number of halogens is 2. The zero-order valence-corrected chi connectivity index (χ0v) is 24.1. The molecule has 0 aliphatic carbocycles. The molecule has 1 N–H and O–H groups in total. The van der Waals surface area contributed by atoms with Gasteiger partial charge < -0.3 is 5.32 Å². The molecule has 1 saturated heterocycles. The SMILES string of the molecule is Cc1ccc(N2C(=O)C3Sc4c(sc(=O)n4CC(=O)Nc4ccc(Cl)c(Cl)c4)C(c4ccccc4)C3C2=O)cc1. The molecule has 0 spiro atoms. The second-order valence-corrected chi connectivity index (χ2v) is 12.5. The van der Waals surface area contributed by atoms with Crippen LogP contribution < -0.4 is 15.1 Å². The van der Waals surface area contributed by atoms with Crippen LogP contribution in [-0.2, 0) is 20.9 Å². The summed E-state index contributed by atoms with van der Waals surface area (Å²) in [5.74, 6) is -2.26. The molecule has 7 nitrogen and oxygen atoms in total. The highest BCUT2D eigenvalue weighted by atomic mass is 35.5. The number of fused-ring (bicyclic) bond motifs is 2. The van der Waals surface area contributed by atoms with Crippen LogP contribution in [0.4, 0.5) is 11.4 Å². The van der Waals surface area contributed by atoms with E-state index in [2.05, 4.69) is 5.32 Å². The Bertz CT molecular complexity index is 1720. The number of hydrogen-bond donors (Lipinski definition) is 1. The second-order valence-electron chi connectivity index (χ2n) is 9.60. The molecule has 11 heteroatoms. The number of benzene rings is 3. The number of carbonyl (C=O) groups is 3. The average Bonchev–Trinajstić information content (AvgIpc) is 3.38. The number of hydrogen-bond acceptors (Lipinski definition) is 6. The van der Waals surface area contributed by atoms with Gasteiger partial charge in [-0.15, -0.1) is 0 Å². The highest BCUT2D eigenvalue weighted by Gasteiger charge is 2.56. The Balaban J connectivity index is 1.39. The van der Waals surface area contributed by atoms with Gasteiger partial charge in [-0.1, -0.05) is 94.3 Å². The smallest absolute Gasteiger partial charge is 0.308 e. The van der Waals surface area contributed by atoms with Crippen LogP contribution in [0.25, 0.3) is 0 Å². The molecule has 0 bridgehead atoms. The van der Waals surface area contributed by atoms with E-state index in [1.54, 1.807) is 24.3 Å². The largest absolute Gasteiger partial charge is 0.324 e. The maximum atomic E-state index is 13.9. The minimum atomic E-state index is -0.745. The second kappa shape index (κ2) is 10.6. The molecule has 6 rings (SSSR count). The van der Waals surface area contributed by atoms with Crippen LogP contribution in [0.1, 0.15) is 21.9 Å². The van der Waals surface area contributed by atoms with E-state index in [0.717, 1.165) is 22.5 Å². The lowest BCUT2D eigenvalue weighted by Crippen LogP contribution is -2.33. The van der Waals surface area contributed by atoms with Gasteiger partial charge in [0.2, 0.25) is 17.7 Å². The number of thioether (sulfide) groups is 1. The number of nitrogens with zero attached hydrogens (tertiary/aromatic N) is 2. The zero-order chi connectivity index (χ0) is 28.1. The molecule has 4 aromatic rings. The van der Waals surface area contributed by atoms with Crippen molar-refractivity contribution in [2.75, 3.05) is 10.2 Å². The van der Waals surface area contributed by atoms with Gasteiger partial charge in [-0.2, -0.15) is 0 Å². The van der Waals surface area contributed by atoms with Crippen molar-refractivity contribution < 1.29 is 14.4 Å². The van der Waals surface area contributed by atoms with Crippen molar-refractivity contribution >= 4 is 75.4 Å². The summed E-state index contributed by atoms with van der Waals surface area (Å²) in [5, 5.41) is 3.18. The van der Waals surface area contributed by atoms with Gasteiger partial charge in [-0.3, -0.25) is 23.7 Å². The molecule has 1 aromatic heterocycles. The molecule has 2 aliphatic heterocycles. The van der Waals surface area contributed by atoms with Crippen LogP contribution in [0.15, 0.2) is 82.6 Å². The maximum absolute atomic E-state index is 13.9. The summed E-state index contributed by atoms with van der Waals surface area (Å²) >= 11 is 14.2. The molecule has 202 valence electrons. The molecule has 3 atom stereocenters. The number of imide groups is 1. The van der Waals surface area contributed by atoms with Gasteiger partial charge in [-0.25, -0.2) is 4.90 Å². The summed E-state index contributed by atoms with van der Waals surface area (Å²) in [6, 6.07) is 21.4. The van der Waals surface area contributed by atoms with Crippen LogP contribution in [0, 0.1) is 12.8 Å². The van der Waals surface area contributed by atoms with Crippen molar-refractivity contribution in [3.63, 3.8) is 0 Å². The summed E-state index contributed by atoms with van der Waals surface area (Å²) in [7, 11) is 0. The number of aromatic nitrogens is 1. The van der Waals surface area contributed by atoms with E-state index in [4.69, 9.17) is 23.2 Å². The summed E-state index contributed by atoms with van der Waals surface area (Å²) in [5.41, 5.74) is 2.81. The molecule has 0 saturated carbocycles. The highest BCUT2D eigenvalue weighted by molar-refractivity contribution is 8.00. The topological polar surface area (TPSA) is 88.5 Å². The predicted octanol–water partition coefficient (Wildman–Crippen LogP) is 5.96. The van der Waals surface area contributed by atoms with Crippen molar-refractivity contribution in [3.8, 4) is 0 Å². The van der Waals surface area contributed by atoms with Gasteiger partial charge in [0.05, 0.1) is 26.7 Å². The fraction of sp³-hybridized carbons (Fsp3) is 0.172. The quantitative estimate of drug-likeness (QED) is 0.282. The van der Waals surface area contributed by atoms with Crippen molar-refractivity contribution in [1.29, 1.82) is 0 Å². The van der Waals surface area contributed by atoms with E-state index in [0.29, 0.717) is 31.3 Å². The van der Waals surface area contributed by atoms with Gasteiger partial charge in [-0.05, 0) is 42.8 Å². The first-order valence-electron chi connectivity index (χ1n) is 12.4. The number of rotatable bonds is 5. The van der Waals surface area contributed by atoms with Crippen LogP contribution in [-0.4, -0.2) is 27.5 Å². The van der Waals surface area contributed by atoms with E-state index in [9.17, 15) is 19.2 Å². The Kier molecular flexibility index (Phi) is 7.08. The van der Waals surface area contributed by atoms with Gasteiger partial charge in [0.25, 0.3) is 0 Å². The third-order valence-electron chi connectivity index (χ3n) is 7.01. The zero-order valence-electron chi connectivity index (χ0n) is 21.0. The number of amides is 3. The Morgan fingerprint density at radius 2 is 1.65 bits per heavy atom. The highest BCUT2D eigenvalue weighted by Crippen LogP contribution is 2.53. The Hall–Kier alpha value is -3.37. The predicted molar refractivity (Wildman–Crippen MR) is 159 cm³/mol. The lowest BCUT2D eigenvalue weighted by molar-refractivity contribution is -0.122. The molecule has 2 aliphatic rings. The number of thiazole rings is 1. The van der Waals surface area contributed by atoms with Gasteiger partial charge in [0.1, 0.15) is 11.8 Å². The fourth-order valence-corrected chi connectivity index (χ4v) is 8.21. The molecule has 3 amide bonds. The van der Waals surface area contributed by atoms with Gasteiger partial charge in [0.15, 0.2) is 0 Å². The normalized spacial score (nSPS) is 19.9. The van der Waals surface area contributed by atoms with Crippen molar-refractivity contribution in [2.45, 2.75) is 29.7 Å². The first-order chi connectivity index (χ1) is 19.2. The first-order valence-corrected chi connectivity index (χ1v) is 14.8. The third kappa shape index (κ3) is 4.66. The monoisotopic (exact) mass is 609 g/mol. The van der Waals surface area contributed by atoms with E-state index >= 15 is 0 Å². The van der Waals surface area contributed by atoms with Crippen molar-refractivity contribution in [3.05, 3.63) is 109 Å². The van der Waals surface area contributed by atoms with Crippen LogP contribution in [0.3, 0.4) is 0 Å². The van der Waals surface area contributed by atoms with Crippen LogP contribution >= 0.6 is 46.3 Å². The van der Waals surface area contributed by atoms with Gasteiger partial charge in [0, 0.05) is 16.5 Å². The number of carbonyl (C=O) groups excluding carboxylic acids is 3. The summed E-state index contributed by atoms with van der Waals surface area (Å²) in [4.78, 5) is 55.5.